The van der Waals surface area contributed by atoms with Crippen LogP contribution in [0.4, 0.5) is 0 Å². The molecule has 234 valence electrons. The second-order valence-corrected chi connectivity index (χ2v) is 14.6. The van der Waals surface area contributed by atoms with E-state index < -0.39 is 5.92 Å². The number of thioether (sulfide) groups is 1. The number of allylic oxidation sites excluding steroid dienone is 1. The first-order valence-electron chi connectivity index (χ1n) is 15.4. The maximum Gasteiger partial charge on any atom is 0.226 e. The van der Waals surface area contributed by atoms with Crippen LogP contribution < -0.4 is 42.9 Å². The Morgan fingerprint density at radius 3 is 2.83 bits per heavy atom. The SMILES string of the molecule is NC(=O)C1C(NC2CC(C3CSC4C(=O)C=C(N5CCOCC5)OC43)SN2)NC(N[C@H]2CCCC[C@H]2[NH3+])N2NCNC12. The maximum absolute atomic E-state index is 13.1. The summed E-state index contributed by atoms with van der Waals surface area (Å²) in [5, 5.41) is 16.7. The van der Waals surface area contributed by atoms with E-state index in [1.807, 2.05) is 0 Å². The number of nitrogens with one attached hydrogen (secondary N) is 6. The lowest BCUT2D eigenvalue weighted by Crippen LogP contribution is -2.79. The van der Waals surface area contributed by atoms with Gasteiger partial charge in [0.15, 0.2) is 11.7 Å². The van der Waals surface area contributed by atoms with Gasteiger partial charge in [0.25, 0.3) is 0 Å². The van der Waals surface area contributed by atoms with Gasteiger partial charge in [0.1, 0.15) is 17.6 Å². The van der Waals surface area contributed by atoms with Crippen LogP contribution in [-0.2, 0) is 19.1 Å². The topological polar surface area (TPSA) is 185 Å². The van der Waals surface area contributed by atoms with Crippen molar-refractivity contribution in [3.63, 3.8) is 0 Å². The first kappa shape index (κ1) is 29.5. The average Bonchev–Trinajstić information content (AvgIpc) is 3.75. The van der Waals surface area contributed by atoms with Gasteiger partial charge in [-0.15, -0.1) is 11.8 Å². The van der Waals surface area contributed by atoms with Gasteiger partial charge in [0, 0.05) is 42.5 Å². The van der Waals surface area contributed by atoms with Crippen LogP contribution in [0.15, 0.2) is 12.0 Å². The quantitative estimate of drug-likeness (QED) is 0.133. The van der Waals surface area contributed by atoms with Crippen LogP contribution in [0.2, 0.25) is 0 Å². The van der Waals surface area contributed by atoms with E-state index in [1.165, 1.54) is 12.8 Å². The third kappa shape index (κ3) is 5.80. The molecule has 6 heterocycles. The molecule has 5 saturated heterocycles. The van der Waals surface area contributed by atoms with Crippen LogP contribution in [0.1, 0.15) is 32.1 Å². The number of nitrogens with two attached hydrogens (primary N) is 1. The first-order valence-corrected chi connectivity index (χ1v) is 17.3. The molecule has 0 aromatic rings. The molecule has 6 aliphatic heterocycles. The zero-order chi connectivity index (χ0) is 28.8. The number of rotatable bonds is 7. The van der Waals surface area contributed by atoms with Gasteiger partial charge in [0.05, 0.1) is 56.4 Å². The van der Waals surface area contributed by atoms with Crippen molar-refractivity contribution in [3.8, 4) is 0 Å². The fourth-order valence-electron chi connectivity index (χ4n) is 7.50. The minimum Gasteiger partial charge on any atom is -0.474 e. The predicted octanol–water partition coefficient (Wildman–Crippen LogP) is -3.06. The summed E-state index contributed by atoms with van der Waals surface area (Å²) >= 11 is 3.43. The van der Waals surface area contributed by atoms with Gasteiger partial charge in [-0.3, -0.25) is 30.9 Å². The number of carbonyl (C=O) groups excluding carboxylic acids is 2. The summed E-state index contributed by atoms with van der Waals surface area (Å²) in [7, 11) is 0. The molecule has 0 radical (unpaired) electrons. The number of carbonyl (C=O) groups is 2. The molecule has 1 aliphatic carbocycles. The molecular formula is C26H45N10O4S2+. The number of quaternary nitrogens is 1. The van der Waals surface area contributed by atoms with Crippen molar-refractivity contribution in [2.24, 2.45) is 17.6 Å². The Balaban J connectivity index is 1.01. The molecule has 0 spiro atoms. The van der Waals surface area contributed by atoms with E-state index in [0.29, 0.717) is 37.8 Å². The molecule has 9 unspecified atom stereocenters. The van der Waals surface area contributed by atoms with Crippen molar-refractivity contribution in [3.05, 3.63) is 12.0 Å². The average molecular weight is 626 g/mol. The third-order valence-corrected chi connectivity index (χ3v) is 12.5. The second kappa shape index (κ2) is 12.7. The molecular weight excluding hydrogens is 580 g/mol. The summed E-state index contributed by atoms with van der Waals surface area (Å²) < 4.78 is 15.6. The standard InChI is InChI=1S/C26H44N10O4S2/c27-14-3-1-2-4-15(14)31-26-33-24(20(23(28)38)25-29-12-30-36(25)26)32-18-10-17(42-34-18)13-11-41-22-16(37)9-19(40-21(13)22)35-5-7-39-8-6-35/h9,13-15,17-18,20-22,24-26,29-34H,1-8,10-12,27H2,(H2,28,38)/p+1/t13?,14-,15+,17?,18?,20?,21?,22?,24?,25?,26?/m1/s1. The molecule has 42 heavy (non-hydrogen) atoms. The van der Waals surface area contributed by atoms with Crippen LogP contribution in [0.25, 0.3) is 0 Å². The van der Waals surface area contributed by atoms with Gasteiger partial charge in [-0.25, -0.2) is 10.1 Å². The Hall–Kier alpha value is -1.18. The van der Waals surface area contributed by atoms with Gasteiger partial charge in [0.2, 0.25) is 5.91 Å². The lowest BCUT2D eigenvalue weighted by molar-refractivity contribution is -0.431. The van der Waals surface area contributed by atoms with E-state index >= 15 is 0 Å². The van der Waals surface area contributed by atoms with Gasteiger partial charge in [-0.1, -0.05) is 18.4 Å². The van der Waals surface area contributed by atoms with Crippen LogP contribution >= 0.6 is 23.7 Å². The Bertz CT molecular complexity index is 1050. The predicted molar refractivity (Wildman–Crippen MR) is 158 cm³/mol. The smallest absolute Gasteiger partial charge is 0.226 e. The highest BCUT2D eigenvalue weighted by Crippen LogP contribution is 2.45. The molecule has 0 aromatic heterocycles. The van der Waals surface area contributed by atoms with Crippen LogP contribution in [0.5, 0.6) is 0 Å². The van der Waals surface area contributed by atoms with E-state index in [9.17, 15) is 9.59 Å². The number of primary amides is 1. The first-order chi connectivity index (χ1) is 20.5. The molecule has 0 aromatic carbocycles. The number of fused-ring (bicyclic) bond motifs is 2. The number of ketones is 1. The molecule has 7 rings (SSSR count). The molecule has 7 aliphatic rings. The summed E-state index contributed by atoms with van der Waals surface area (Å²) in [4.78, 5) is 28.0. The number of amides is 1. The number of hydrogen-bond acceptors (Lipinski definition) is 14. The monoisotopic (exact) mass is 625 g/mol. The van der Waals surface area contributed by atoms with Crippen LogP contribution in [0.3, 0.4) is 0 Å². The zero-order valence-electron chi connectivity index (χ0n) is 23.8. The van der Waals surface area contributed by atoms with Gasteiger partial charge in [-0.05, 0) is 19.3 Å². The van der Waals surface area contributed by atoms with E-state index in [4.69, 9.17) is 15.2 Å². The van der Waals surface area contributed by atoms with Gasteiger partial charge >= 0.3 is 0 Å². The lowest BCUT2D eigenvalue weighted by Gasteiger charge is -2.48. The minimum atomic E-state index is -0.488. The van der Waals surface area contributed by atoms with Crippen molar-refractivity contribution in [1.82, 2.24) is 41.3 Å². The van der Waals surface area contributed by atoms with Gasteiger partial charge in [-0.2, -0.15) is 5.01 Å². The maximum atomic E-state index is 13.1. The Morgan fingerprint density at radius 2 is 2.02 bits per heavy atom. The highest BCUT2D eigenvalue weighted by Gasteiger charge is 2.52. The fraction of sp³-hybridized carbons (Fsp3) is 0.846. The van der Waals surface area contributed by atoms with E-state index in [1.54, 1.807) is 29.8 Å². The number of morpholine rings is 1. The highest BCUT2D eigenvalue weighted by molar-refractivity contribution is 8.01. The second-order valence-electron chi connectivity index (χ2n) is 12.4. The normalized spacial score (nSPS) is 44.4. The molecule has 1 saturated carbocycles. The van der Waals surface area contributed by atoms with Crippen molar-refractivity contribution >= 4 is 35.4 Å². The van der Waals surface area contributed by atoms with E-state index in [2.05, 4.69) is 47.1 Å². The molecule has 11 N–H and O–H groups in total. The number of nitrogens with zero attached hydrogens (tertiary/aromatic N) is 2. The Labute approximate surface area is 255 Å². The summed E-state index contributed by atoms with van der Waals surface area (Å²) in [6.45, 7) is 3.35. The molecule has 11 atom stereocenters. The van der Waals surface area contributed by atoms with Crippen molar-refractivity contribution in [1.29, 1.82) is 0 Å². The fourth-order valence-corrected chi connectivity index (χ4v) is 10.4. The zero-order valence-corrected chi connectivity index (χ0v) is 25.5. The number of ether oxygens (including phenoxy) is 2. The van der Waals surface area contributed by atoms with Crippen LogP contribution in [-0.4, -0.2) is 114 Å². The van der Waals surface area contributed by atoms with Crippen molar-refractivity contribution in [2.45, 2.75) is 85.6 Å². The van der Waals surface area contributed by atoms with Crippen molar-refractivity contribution < 1.29 is 24.8 Å². The molecule has 14 nitrogen and oxygen atoms in total. The largest absolute Gasteiger partial charge is 0.474 e. The molecule has 6 fully saturated rings. The van der Waals surface area contributed by atoms with Crippen molar-refractivity contribution in [2.75, 3.05) is 38.7 Å². The summed E-state index contributed by atoms with van der Waals surface area (Å²) in [5.41, 5.74) is 13.8. The van der Waals surface area contributed by atoms with Gasteiger partial charge < -0.3 is 25.8 Å². The third-order valence-electron chi connectivity index (χ3n) is 9.80. The highest BCUT2D eigenvalue weighted by atomic mass is 32.2. The number of hydrazine groups is 1. The van der Waals surface area contributed by atoms with Crippen LogP contribution in [0, 0.1) is 11.8 Å². The van der Waals surface area contributed by atoms with E-state index in [-0.39, 0.29) is 59.0 Å². The summed E-state index contributed by atoms with van der Waals surface area (Å²) in [5.74, 6) is 1.13. The summed E-state index contributed by atoms with van der Waals surface area (Å²) in [6.07, 6.45) is 6.22. The van der Waals surface area contributed by atoms with E-state index in [0.717, 1.165) is 38.1 Å². The minimum absolute atomic E-state index is 0.0335. The molecule has 0 bridgehead atoms. The summed E-state index contributed by atoms with van der Waals surface area (Å²) in [6, 6.07) is 0.654. The number of hydrogen-bond donors (Lipinski definition) is 8. The lowest BCUT2D eigenvalue weighted by atomic mass is 9.90. The Kier molecular flexibility index (Phi) is 8.91. The Morgan fingerprint density at radius 1 is 1.19 bits per heavy atom. The molecule has 16 heteroatoms. The molecule has 1 amide bonds.